The molecule has 3 N–H and O–H groups in total. The van der Waals surface area contributed by atoms with Gasteiger partial charge in [0.2, 0.25) is 0 Å². The number of ether oxygens (including phenoxy) is 1. The highest BCUT2D eigenvalue weighted by Gasteiger charge is 2.16. The minimum Gasteiger partial charge on any atom is -0.444 e. The number of nitrogens with two attached hydrogens (primary N) is 1. The summed E-state index contributed by atoms with van der Waals surface area (Å²) in [6.07, 6.45) is -0.416. The van der Waals surface area contributed by atoms with Gasteiger partial charge in [-0.2, -0.15) is 0 Å². The molecular weight excluding hydrogens is 156 g/mol. The Hall–Kier alpha value is -0.770. The van der Waals surface area contributed by atoms with Gasteiger partial charge in [0.05, 0.1) is 0 Å². The molecule has 0 radical (unpaired) electrons. The third-order valence-electron chi connectivity index (χ3n) is 1.12. The Balaban J connectivity index is 3.75. The molecule has 0 aromatic rings. The van der Waals surface area contributed by atoms with E-state index in [0.29, 0.717) is 6.54 Å². The van der Waals surface area contributed by atoms with Crippen LogP contribution in [0.2, 0.25) is 0 Å². The molecule has 12 heavy (non-hydrogen) atoms. The van der Waals surface area contributed by atoms with Crippen LogP contribution in [0.3, 0.4) is 0 Å². The molecule has 0 rings (SSSR count). The van der Waals surface area contributed by atoms with E-state index in [9.17, 15) is 4.79 Å². The van der Waals surface area contributed by atoms with Crippen molar-refractivity contribution in [1.29, 1.82) is 0 Å². The fourth-order valence-corrected chi connectivity index (χ4v) is 0.568. The summed E-state index contributed by atoms with van der Waals surface area (Å²) in [6, 6.07) is -0.0418. The van der Waals surface area contributed by atoms with Crippen molar-refractivity contribution in [2.45, 2.75) is 39.3 Å². The van der Waals surface area contributed by atoms with Crippen molar-refractivity contribution in [1.82, 2.24) is 5.32 Å². The monoisotopic (exact) mass is 174 g/mol. The Bertz CT molecular complexity index is 152. The van der Waals surface area contributed by atoms with Gasteiger partial charge in [0.15, 0.2) is 0 Å². The predicted molar refractivity (Wildman–Crippen MR) is 47.9 cm³/mol. The Labute approximate surface area is 73.5 Å². The maximum atomic E-state index is 11.0. The van der Waals surface area contributed by atoms with Crippen LogP contribution in [0.15, 0.2) is 0 Å². The molecule has 0 spiro atoms. The van der Waals surface area contributed by atoms with E-state index >= 15 is 0 Å². The summed E-state index contributed by atoms with van der Waals surface area (Å²) in [4.78, 5) is 11.0. The molecule has 0 heterocycles. The van der Waals surface area contributed by atoms with Crippen LogP contribution in [0, 0.1) is 0 Å². The Morgan fingerprint density at radius 3 is 2.42 bits per heavy atom. The van der Waals surface area contributed by atoms with Crippen LogP contribution >= 0.6 is 0 Å². The minimum absolute atomic E-state index is 0.0418. The molecule has 0 aromatic heterocycles. The Kier molecular flexibility index (Phi) is 4.03. The minimum atomic E-state index is -0.446. The van der Waals surface area contributed by atoms with Crippen molar-refractivity contribution in [3.05, 3.63) is 0 Å². The third-order valence-corrected chi connectivity index (χ3v) is 1.12. The van der Waals surface area contributed by atoms with E-state index < -0.39 is 11.7 Å². The van der Waals surface area contributed by atoms with Crippen molar-refractivity contribution in [2.24, 2.45) is 5.73 Å². The number of hydrogen-bond acceptors (Lipinski definition) is 3. The van der Waals surface area contributed by atoms with E-state index in [1.165, 1.54) is 0 Å². The lowest BCUT2D eigenvalue weighted by Gasteiger charge is -2.21. The number of rotatable bonds is 2. The third kappa shape index (κ3) is 5.97. The zero-order valence-electron chi connectivity index (χ0n) is 8.18. The molecule has 1 amide bonds. The summed E-state index contributed by atoms with van der Waals surface area (Å²) in [5.74, 6) is 0. The topological polar surface area (TPSA) is 64.3 Å². The average Bonchev–Trinajstić information content (AvgIpc) is 1.82. The zero-order chi connectivity index (χ0) is 9.78. The molecule has 4 heteroatoms. The second-order valence-electron chi connectivity index (χ2n) is 3.78. The molecule has 0 saturated heterocycles. The fourth-order valence-electron chi connectivity index (χ4n) is 0.568. The number of carbonyl (C=O) groups excluding carboxylic acids is 1. The first-order valence-corrected chi connectivity index (χ1v) is 4.04. The molecule has 72 valence electrons. The van der Waals surface area contributed by atoms with Crippen LogP contribution in [-0.2, 0) is 4.74 Å². The maximum absolute atomic E-state index is 11.0. The Morgan fingerprint density at radius 1 is 1.58 bits per heavy atom. The smallest absolute Gasteiger partial charge is 0.407 e. The zero-order valence-corrected chi connectivity index (χ0v) is 8.18. The summed E-state index contributed by atoms with van der Waals surface area (Å²) in [5.41, 5.74) is 4.87. The van der Waals surface area contributed by atoms with Crippen LogP contribution in [0.5, 0.6) is 0 Å². The van der Waals surface area contributed by atoms with E-state index in [-0.39, 0.29) is 6.04 Å². The maximum Gasteiger partial charge on any atom is 0.407 e. The van der Waals surface area contributed by atoms with E-state index in [1.807, 2.05) is 27.7 Å². The molecule has 0 unspecified atom stereocenters. The second-order valence-corrected chi connectivity index (χ2v) is 3.78. The lowest BCUT2D eigenvalue weighted by atomic mass is 10.2. The van der Waals surface area contributed by atoms with Crippen LogP contribution in [0.25, 0.3) is 0 Å². The second kappa shape index (κ2) is 4.30. The van der Waals surface area contributed by atoms with Crippen molar-refractivity contribution in [3.63, 3.8) is 0 Å². The summed E-state index contributed by atoms with van der Waals surface area (Å²) >= 11 is 0. The number of carbonyl (C=O) groups is 1. The van der Waals surface area contributed by atoms with Crippen molar-refractivity contribution >= 4 is 6.09 Å². The normalized spacial score (nSPS) is 13.8. The quantitative estimate of drug-likeness (QED) is 0.652. The molecule has 0 aliphatic carbocycles. The summed E-state index contributed by atoms with van der Waals surface area (Å²) in [5, 5.41) is 2.60. The lowest BCUT2D eigenvalue weighted by molar-refractivity contribution is 0.0510. The average molecular weight is 174 g/mol. The van der Waals surface area contributed by atoms with Gasteiger partial charge in [0, 0.05) is 12.6 Å². The molecular formula is C8H18N2O2. The van der Waals surface area contributed by atoms with Crippen molar-refractivity contribution in [2.75, 3.05) is 6.54 Å². The van der Waals surface area contributed by atoms with Gasteiger partial charge in [-0.3, -0.25) is 0 Å². The number of amides is 1. The first-order chi connectivity index (χ1) is 5.35. The first-order valence-electron chi connectivity index (χ1n) is 4.04. The molecule has 0 aliphatic rings. The largest absolute Gasteiger partial charge is 0.444 e. The van der Waals surface area contributed by atoms with Crippen LogP contribution in [-0.4, -0.2) is 24.3 Å². The van der Waals surface area contributed by atoms with Gasteiger partial charge < -0.3 is 15.8 Å². The van der Waals surface area contributed by atoms with Gasteiger partial charge >= 0.3 is 6.09 Å². The molecule has 0 saturated carbocycles. The number of hydrogen-bond donors (Lipinski definition) is 2. The van der Waals surface area contributed by atoms with Gasteiger partial charge in [-0.25, -0.2) is 4.79 Å². The highest BCUT2D eigenvalue weighted by Crippen LogP contribution is 2.06. The van der Waals surface area contributed by atoms with Gasteiger partial charge in [0.1, 0.15) is 5.60 Å². The van der Waals surface area contributed by atoms with Crippen molar-refractivity contribution < 1.29 is 9.53 Å². The van der Waals surface area contributed by atoms with E-state index in [0.717, 1.165) is 0 Å². The standard InChI is InChI=1S/C8H18N2O2/c1-6(5-9)10-7(11)12-8(2,3)4/h6H,5,9H2,1-4H3,(H,10,11)/t6-/m1/s1. The van der Waals surface area contributed by atoms with Crippen LogP contribution in [0.4, 0.5) is 4.79 Å². The molecule has 4 nitrogen and oxygen atoms in total. The Morgan fingerprint density at radius 2 is 2.08 bits per heavy atom. The molecule has 1 atom stereocenters. The predicted octanol–water partition coefficient (Wildman–Crippen LogP) is 0.858. The van der Waals surface area contributed by atoms with Gasteiger partial charge in [-0.1, -0.05) is 0 Å². The van der Waals surface area contributed by atoms with Gasteiger partial charge in [-0.15, -0.1) is 0 Å². The fraction of sp³-hybridized carbons (Fsp3) is 0.875. The molecule has 0 aromatic carbocycles. The molecule has 0 fully saturated rings. The first kappa shape index (κ1) is 11.2. The highest BCUT2D eigenvalue weighted by atomic mass is 16.6. The highest BCUT2D eigenvalue weighted by molar-refractivity contribution is 5.68. The number of nitrogens with one attached hydrogen (secondary N) is 1. The summed E-state index contributed by atoms with van der Waals surface area (Å²) < 4.78 is 5.00. The number of alkyl carbamates (subject to hydrolysis) is 1. The van der Waals surface area contributed by atoms with Crippen LogP contribution < -0.4 is 11.1 Å². The van der Waals surface area contributed by atoms with E-state index in [4.69, 9.17) is 10.5 Å². The van der Waals surface area contributed by atoms with Crippen molar-refractivity contribution in [3.8, 4) is 0 Å². The summed E-state index contributed by atoms with van der Waals surface area (Å²) in [6.45, 7) is 7.70. The summed E-state index contributed by atoms with van der Waals surface area (Å²) in [7, 11) is 0. The van der Waals surface area contributed by atoms with Crippen LogP contribution in [0.1, 0.15) is 27.7 Å². The van der Waals surface area contributed by atoms with Gasteiger partial charge in [-0.05, 0) is 27.7 Å². The molecule has 0 bridgehead atoms. The van der Waals surface area contributed by atoms with Gasteiger partial charge in [0.25, 0.3) is 0 Å². The SMILES string of the molecule is C[C@H](CN)NC(=O)OC(C)(C)C. The van der Waals surface area contributed by atoms with E-state index in [2.05, 4.69) is 5.32 Å². The van der Waals surface area contributed by atoms with E-state index in [1.54, 1.807) is 0 Å². The lowest BCUT2D eigenvalue weighted by Crippen LogP contribution is -2.41. The molecule has 0 aliphatic heterocycles.